The number of phosphoric acid groups is 1. The lowest BCUT2D eigenvalue weighted by Gasteiger charge is -2.30. The Morgan fingerprint density at radius 3 is 1.03 bits per heavy atom. The van der Waals surface area contributed by atoms with E-state index in [1.54, 1.807) is 0 Å². The predicted octanol–water partition coefficient (Wildman–Crippen LogP) is 24.2. The molecule has 0 rings (SSSR count). The lowest BCUT2D eigenvalue weighted by atomic mass is 10.0. The van der Waals surface area contributed by atoms with Crippen LogP contribution in [0.3, 0.4) is 0 Å². The molecule has 0 saturated carbocycles. The summed E-state index contributed by atoms with van der Waals surface area (Å²) in [5, 5.41) is 3.05. The molecule has 90 heavy (non-hydrogen) atoms. The lowest BCUT2D eigenvalue weighted by molar-refractivity contribution is -0.870. The minimum absolute atomic E-state index is 0.0246. The molecule has 0 aliphatic rings. The minimum Gasteiger partial charge on any atom is -0.756 e. The van der Waals surface area contributed by atoms with E-state index in [2.05, 4.69) is 99.0 Å². The smallest absolute Gasteiger partial charge is 0.306 e. The molecule has 0 aromatic carbocycles. The number of ether oxygens (including phenoxy) is 1. The number of quaternary nitrogens is 1. The van der Waals surface area contributed by atoms with Gasteiger partial charge in [0.25, 0.3) is 7.82 Å². The zero-order valence-electron chi connectivity index (χ0n) is 60.1. The van der Waals surface area contributed by atoms with Gasteiger partial charge < -0.3 is 28.5 Å². The maximum atomic E-state index is 13.6. The van der Waals surface area contributed by atoms with Gasteiger partial charge in [-0.2, -0.15) is 0 Å². The summed E-state index contributed by atoms with van der Waals surface area (Å²) >= 11 is 0. The fourth-order valence-electron chi connectivity index (χ4n) is 11.1. The first-order valence-corrected chi connectivity index (χ1v) is 39.9. The third-order valence-electron chi connectivity index (χ3n) is 17.0. The van der Waals surface area contributed by atoms with Crippen molar-refractivity contribution in [1.82, 2.24) is 5.32 Å². The quantitative estimate of drug-likeness (QED) is 0.0212. The van der Waals surface area contributed by atoms with E-state index in [4.69, 9.17) is 13.8 Å². The van der Waals surface area contributed by atoms with Gasteiger partial charge in [0, 0.05) is 12.8 Å². The Kier molecular flexibility index (Phi) is 66.9. The zero-order valence-corrected chi connectivity index (χ0v) is 61.0. The van der Waals surface area contributed by atoms with Crippen LogP contribution in [0.25, 0.3) is 0 Å². The van der Waals surface area contributed by atoms with Crippen molar-refractivity contribution in [2.24, 2.45) is 0 Å². The minimum atomic E-state index is -4.71. The van der Waals surface area contributed by atoms with Gasteiger partial charge in [-0.25, -0.2) is 0 Å². The van der Waals surface area contributed by atoms with Gasteiger partial charge in [0.05, 0.1) is 33.8 Å². The molecule has 0 aliphatic heterocycles. The highest BCUT2D eigenvalue weighted by Crippen LogP contribution is 2.38. The van der Waals surface area contributed by atoms with Crippen LogP contribution in [0.15, 0.2) is 85.1 Å². The first-order valence-electron chi connectivity index (χ1n) is 38.4. The van der Waals surface area contributed by atoms with Crippen molar-refractivity contribution in [3.63, 3.8) is 0 Å². The second-order valence-electron chi connectivity index (χ2n) is 27.1. The standard InChI is InChI=1S/C80H147N2O7P/c1-7-10-13-16-19-22-25-28-30-32-34-36-38-40-41-43-44-46-48-50-52-54-57-60-63-66-69-72-79(83)81-77(76-88-90(85,86)87-75-74-82(4,5)6)78(71-68-65-62-59-56-27-24-21-18-15-12-9-3)89-80(84)73-70-67-64-61-58-55-53-51-49-47-45-42-39-37-35-33-31-29-26-23-20-17-14-11-8-2/h19-20,22-23,28-31,35,37,42,45,68,71,77-78H,7-18,21,24-27,32-34,36,38-41,43-44,46-67,69-70,72-76H2,1-6H3,(H-,81,83,85,86)/b22-19-,23-20-,30-28-,31-29-,37-35-,45-42-,71-68+. The Bertz CT molecular complexity index is 1810. The zero-order chi connectivity index (χ0) is 65.6. The summed E-state index contributed by atoms with van der Waals surface area (Å²) in [5.74, 6) is -0.536. The van der Waals surface area contributed by atoms with Gasteiger partial charge in [-0.3, -0.25) is 14.2 Å². The second-order valence-corrected chi connectivity index (χ2v) is 28.6. The lowest BCUT2D eigenvalue weighted by Crippen LogP contribution is -2.47. The third-order valence-corrected chi connectivity index (χ3v) is 18.0. The molecule has 0 bridgehead atoms. The predicted molar refractivity (Wildman–Crippen MR) is 390 cm³/mol. The monoisotopic (exact) mass is 1280 g/mol. The van der Waals surface area contributed by atoms with Crippen LogP contribution < -0.4 is 10.2 Å². The van der Waals surface area contributed by atoms with Gasteiger partial charge in [0.1, 0.15) is 19.3 Å². The molecule has 0 radical (unpaired) electrons. The number of nitrogens with zero attached hydrogens (tertiary/aromatic N) is 1. The fourth-order valence-corrected chi connectivity index (χ4v) is 11.9. The summed E-state index contributed by atoms with van der Waals surface area (Å²) in [5.41, 5.74) is 0. The van der Waals surface area contributed by atoms with Crippen molar-refractivity contribution >= 4 is 19.7 Å². The highest BCUT2D eigenvalue weighted by Gasteiger charge is 2.27. The molecule has 0 heterocycles. The van der Waals surface area contributed by atoms with Gasteiger partial charge in [-0.1, -0.05) is 324 Å². The number of carbonyl (C=O) groups is 2. The van der Waals surface area contributed by atoms with E-state index < -0.39 is 26.6 Å². The number of allylic oxidation sites excluding steroid dienone is 13. The summed E-state index contributed by atoms with van der Waals surface area (Å²) in [4.78, 5) is 40.3. The molecule has 524 valence electrons. The molecular formula is C80H147N2O7P. The molecule has 1 amide bonds. The number of likely N-dealkylation sites (N-methyl/N-ethyl adjacent to an activating group) is 1. The van der Waals surface area contributed by atoms with Crippen LogP contribution in [0, 0.1) is 0 Å². The van der Waals surface area contributed by atoms with Crippen LogP contribution in [-0.2, 0) is 27.9 Å². The first kappa shape index (κ1) is 87.2. The summed E-state index contributed by atoms with van der Waals surface area (Å²) in [6.45, 7) is 6.83. The van der Waals surface area contributed by atoms with E-state index in [0.29, 0.717) is 17.4 Å². The van der Waals surface area contributed by atoms with E-state index >= 15 is 0 Å². The van der Waals surface area contributed by atoms with Crippen molar-refractivity contribution < 1.29 is 37.3 Å². The number of phosphoric ester groups is 1. The molecule has 0 aliphatic carbocycles. The largest absolute Gasteiger partial charge is 0.756 e. The van der Waals surface area contributed by atoms with Crippen molar-refractivity contribution in [2.75, 3.05) is 40.9 Å². The molecule has 1 N–H and O–H groups in total. The average Bonchev–Trinajstić information content (AvgIpc) is 3.11. The van der Waals surface area contributed by atoms with Crippen molar-refractivity contribution in [3.05, 3.63) is 85.1 Å². The topological polar surface area (TPSA) is 114 Å². The number of unbranched alkanes of at least 4 members (excludes halogenated alkanes) is 42. The summed E-state index contributed by atoms with van der Waals surface area (Å²) in [6, 6.07) is -0.895. The van der Waals surface area contributed by atoms with Crippen LogP contribution in [0.2, 0.25) is 0 Å². The Labute approximate surface area is 558 Å². The van der Waals surface area contributed by atoms with Gasteiger partial charge in [-0.05, 0) is 109 Å². The van der Waals surface area contributed by atoms with Crippen LogP contribution in [0.5, 0.6) is 0 Å². The molecule has 0 spiro atoms. The summed E-state index contributed by atoms with van der Waals surface area (Å²) in [6.07, 6.45) is 92.9. The molecular weight excluding hydrogens is 1130 g/mol. The van der Waals surface area contributed by atoms with Gasteiger partial charge in [0.2, 0.25) is 5.91 Å². The summed E-state index contributed by atoms with van der Waals surface area (Å²) in [7, 11) is 1.19. The molecule has 9 nitrogen and oxygen atoms in total. The molecule has 10 heteroatoms. The Morgan fingerprint density at radius 2 is 0.678 bits per heavy atom. The van der Waals surface area contributed by atoms with Crippen molar-refractivity contribution in [1.29, 1.82) is 0 Å². The van der Waals surface area contributed by atoms with E-state index in [0.717, 1.165) is 96.3 Å². The molecule has 0 saturated heterocycles. The second kappa shape index (κ2) is 69.0. The number of nitrogens with one attached hydrogen (secondary N) is 1. The number of hydrogen-bond acceptors (Lipinski definition) is 7. The van der Waals surface area contributed by atoms with Crippen LogP contribution in [-0.4, -0.2) is 69.4 Å². The van der Waals surface area contributed by atoms with E-state index in [-0.39, 0.29) is 24.9 Å². The van der Waals surface area contributed by atoms with Crippen molar-refractivity contribution in [2.45, 2.75) is 373 Å². The van der Waals surface area contributed by atoms with E-state index in [1.807, 2.05) is 33.3 Å². The number of rotatable bonds is 70. The van der Waals surface area contributed by atoms with Crippen LogP contribution >= 0.6 is 7.82 Å². The highest BCUT2D eigenvalue weighted by molar-refractivity contribution is 7.45. The molecule has 3 unspecified atom stereocenters. The normalized spacial score (nSPS) is 13.9. The highest BCUT2D eigenvalue weighted by atomic mass is 31.2. The van der Waals surface area contributed by atoms with Gasteiger partial charge in [0.15, 0.2) is 0 Å². The van der Waals surface area contributed by atoms with Crippen LogP contribution in [0.1, 0.15) is 361 Å². The molecule has 3 atom stereocenters. The fraction of sp³-hybridized carbons (Fsp3) is 0.800. The van der Waals surface area contributed by atoms with Gasteiger partial charge >= 0.3 is 5.97 Å². The number of amides is 1. The Balaban J connectivity index is 4.97. The number of carbonyl (C=O) groups excluding carboxylic acids is 2. The first-order chi connectivity index (χ1) is 43.9. The van der Waals surface area contributed by atoms with Gasteiger partial charge in [-0.15, -0.1) is 0 Å². The number of esters is 1. The van der Waals surface area contributed by atoms with E-state index in [9.17, 15) is 19.0 Å². The van der Waals surface area contributed by atoms with Crippen LogP contribution in [0.4, 0.5) is 0 Å². The molecule has 0 aromatic heterocycles. The Hall–Kier alpha value is -2.81. The Morgan fingerprint density at radius 1 is 0.389 bits per heavy atom. The molecule has 0 aromatic rings. The summed E-state index contributed by atoms with van der Waals surface area (Å²) < 4.78 is 30.5. The molecule has 0 fully saturated rings. The van der Waals surface area contributed by atoms with Crippen molar-refractivity contribution in [3.8, 4) is 0 Å². The maximum absolute atomic E-state index is 13.6. The average molecular weight is 1280 g/mol. The third kappa shape index (κ3) is 69.5. The SMILES string of the molecule is CCCCC/C=C\C/C=C\C/C=C\C/C=C\CCCCCCCCCCCC(=O)OC(/C=C/CCCCCCCCCCCC)C(COP(=O)([O-])OCC[N+](C)(C)C)NC(=O)CCCCCCCCCCCCCCCCCCC/C=C\C/C=C\CCCCC. The maximum Gasteiger partial charge on any atom is 0.306 e. The number of hydrogen-bond donors (Lipinski definition) is 1. The van der Waals surface area contributed by atoms with E-state index in [1.165, 1.54) is 231 Å².